The van der Waals surface area contributed by atoms with E-state index in [4.69, 9.17) is 4.74 Å². The fourth-order valence-electron chi connectivity index (χ4n) is 2.43. The number of anilines is 2. The van der Waals surface area contributed by atoms with Crippen LogP contribution in [0, 0.1) is 5.82 Å². The Morgan fingerprint density at radius 3 is 2.78 bits per heavy atom. The van der Waals surface area contributed by atoms with Crippen LogP contribution in [0.4, 0.5) is 15.9 Å². The molecular weight excluding hydrogens is 295 g/mol. The third-order valence-electron chi connectivity index (χ3n) is 3.72. The quantitative estimate of drug-likeness (QED) is 0.696. The molecule has 5 nitrogen and oxygen atoms in total. The van der Waals surface area contributed by atoms with Gasteiger partial charge in [-0.05, 0) is 31.2 Å². The lowest BCUT2D eigenvalue weighted by Crippen LogP contribution is -2.36. The molecule has 0 atom stereocenters. The number of ether oxygens (including phenoxy) is 1. The molecule has 0 amide bonds. The molecule has 1 aliphatic heterocycles. The van der Waals surface area contributed by atoms with Gasteiger partial charge in [0.25, 0.3) is 0 Å². The molecule has 0 unspecified atom stereocenters. The first-order valence-electron chi connectivity index (χ1n) is 7.58. The normalized spacial score (nSPS) is 15.6. The first kappa shape index (κ1) is 15.4. The lowest BCUT2D eigenvalue weighted by atomic mass is 10.1. The summed E-state index contributed by atoms with van der Waals surface area (Å²) in [7, 11) is 0. The Hall–Kier alpha value is -2.47. The van der Waals surface area contributed by atoms with Crippen molar-refractivity contribution in [1.82, 2.24) is 4.98 Å². The fraction of sp³-hybridized carbons (Fsp3) is 0.294. The van der Waals surface area contributed by atoms with E-state index in [2.05, 4.69) is 15.5 Å². The zero-order chi connectivity index (χ0) is 16.1. The SMILES string of the molecule is C/C(=N/Nc1ccccn1)c1ccc(N2CCOCC2)c(F)c1. The average molecular weight is 314 g/mol. The lowest BCUT2D eigenvalue weighted by Gasteiger charge is -2.29. The predicted octanol–water partition coefficient (Wildman–Crippen LogP) is 2.89. The van der Waals surface area contributed by atoms with Gasteiger partial charge in [-0.25, -0.2) is 9.37 Å². The molecule has 23 heavy (non-hydrogen) atoms. The van der Waals surface area contributed by atoms with Gasteiger partial charge in [0.1, 0.15) is 11.6 Å². The minimum absolute atomic E-state index is 0.239. The van der Waals surface area contributed by atoms with E-state index in [1.165, 1.54) is 6.07 Å². The van der Waals surface area contributed by atoms with Gasteiger partial charge in [0.2, 0.25) is 0 Å². The second-order valence-corrected chi connectivity index (χ2v) is 5.29. The first-order chi connectivity index (χ1) is 11.2. The molecule has 1 aliphatic rings. The predicted molar refractivity (Wildman–Crippen MR) is 89.5 cm³/mol. The third-order valence-corrected chi connectivity index (χ3v) is 3.72. The Labute approximate surface area is 134 Å². The van der Waals surface area contributed by atoms with Gasteiger partial charge in [0.05, 0.1) is 24.6 Å². The van der Waals surface area contributed by atoms with Gasteiger partial charge >= 0.3 is 0 Å². The van der Waals surface area contributed by atoms with Crippen molar-refractivity contribution in [1.29, 1.82) is 0 Å². The Bertz CT molecular complexity index is 684. The van der Waals surface area contributed by atoms with Crippen molar-refractivity contribution < 1.29 is 9.13 Å². The monoisotopic (exact) mass is 314 g/mol. The molecule has 0 saturated carbocycles. The van der Waals surface area contributed by atoms with Gasteiger partial charge in [-0.3, -0.25) is 5.43 Å². The van der Waals surface area contributed by atoms with Gasteiger partial charge in [0.15, 0.2) is 0 Å². The number of hydrogen-bond donors (Lipinski definition) is 1. The molecule has 0 radical (unpaired) electrons. The van der Waals surface area contributed by atoms with Crippen LogP contribution in [0.25, 0.3) is 0 Å². The zero-order valence-corrected chi connectivity index (χ0v) is 13.0. The number of hydrogen-bond acceptors (Lipinski definition) is 5. The van der Waals surface area contributed by atoms with E-state index in [9.17, 15) is 4.39 Å². The summed E-state index contributed by atoms with van der Waals surface area (Å²) in [6.07, 6.45) is 1.68. The summed E-state index contributed by atoms with van der Waals surface area (Å²) in [6.45, 7) is 4.53. The number of halogens is 1. The zero-order valence-electron chi connectivity index (χ0n) is 13.0. The van der Waals surface area contributed by atoms with Crippen LogP contribution in [0.5, 0.6) is 0 Å². The van der Waals surface area contributed by atoms with Crippen molar-refractivity contribution in [2.45, 2.75) is 6.92 Å². The Kier molecular flexibility index (Phi) is 4.83. The highest BCUT2D eigenvalue weighted by Gasteiger charge is 2.15. The molecule has 0 bridgehead atoms. The van der Waals surface area contributed by atoms with Crippen molar-refractivity contribution in [3.05, 3.63) is 54.0 Å². The molecule has 1 N–H and O–H groups in total. The number of aromatic nitrogens is 1. The fourth-order valence-corrected chi connectivity index (χ4v) is 2.43. The van der Waals surface area contributed by atoms with Gasteiger partial charge in [0, 0.05) is 24.8 Å². The van der Waals surface area contributed by atoms with E-state index in [0.29, 0.717) is 43.5 Å². The molecule has 120 valence electrons. The van der Waals surface area contributed by atoms with Crippen LogP contribution in [0.3, 0.4) is 0 Å². The summed E-state index contributed by atoms with van der Waals surface area (Å²) >= 11 is 0. The number of nitrogens with one attached hydrogen (secondary N) is 1. The number of pyridine rings is 1. The highest BCUT2D eigenvalue weighted by atomic mass is 19.1. The largest absolute Gasteiger partial charge is 0.378 e. The molecule has 3 rings (SSSR count). The number of morpholine rings is 1. The third kappa shape index (κ3) is 3.84. The van der Waals surface area contributed by atoms with Gasteiger partial charge < -0.3 is 9.64 Å². The summed E-state index contributed by atoms with van der Waals surface area (Å²) in [5.41, 5.74) is 4.92. The first-order valence-corrected chi connectivity index (χ1v) is 7.58. The van der Waals surface area contributed by atoms with E-state index in [1.54, 1.807) is 12.3 Å². The summed E-state index contributed by atoms with van der Waals surface area (Å²) in [5, 5.41) is 4.25. The average Bonchev–Trinajstić information content (AvgIpc) is 2.61. The second-order valence-electron chi connectivity index (χ2n) is 5.29. The Morgan fingerprint density at radius 2 is 2.09 bits per heavy atom. The molecule has 1 aromatic carbocycles. The van der Waals surface area contributed by atoms with Gasteiger partial charge in [-0.2, -0.15) is 5.10 Å². The Balaban J connectivity index is 1.73. The van der Waals surface area contributed by atoms with Crippen molar-refractivity contribution in [2.75, 3.05) is 36.6 Å². The molecule has 2 heterocycles. The van der Waals surface area contributed by atoms with Gasteiger partial charge in [-0.1, -0.05) is 12.1 Å². The van der Waals surface area contributed by atoms with Crippen LogP contribution in [0.15, 0.2) is 47.7 Å². The van der Waals surface area contributed by atoms with E-state index in [-0.39, 0.29) is 5.82 Å². The summed E-state index contributed by atoms with van der Waals surface area (Å²) < 4.78 is 19.7. The van der Waals surface area contributed by atoms with E-state index >= 15 is 0 Å². The minimum atomic E-state index is -0.239. The van der Waals surface area contributed by atoms with Crippen LogP contribution in [-0.4, -0.2) is 37.0 Å². The molecule has 0 spiro atoms. The summed E-state index contributed by atoms with van der Waals surface area (Å²) in [4.78, 5) is 6.13. The number of rotatable bonds is 4. The van der Waals surface area contributed by atoms with Gasteiger partial charge in [-0.15, -0.1) is 0 Å². The summed E-state index contributed by atoms with van der Waals surface area (Å²) in [6, 6.07) is 10.7. The highest BCUT2D eigenvalue weighted by Crippen LogP contribution is 2.22. The van der Waals surface area contributed by atoms with Crippen LogP contribution in [0.2, 0.25) is 0 Å². The minimum Gasteiger partial charge on any atom is -0.378 e. The maximum atomic E-state index is 14.4. The van der Waals surface area contributed by atoms with Crippen molar-refractivity contribution in [3.8, 4) is 0 Å². The maximum absolute atomic E-state index is 14.4. The van der Waals surface area contributed by atoms with Crippen molar-refractivity contribution in [3.63, 3.8) is 0 Å². The molecule has 1 saturated heterocycles. The summed E-state index contributed by atoms with van der Waals surface area (Å²) in [5.74, 6) is 0.411. The number of nitrogens with zero attached hydrogens (tertiary/aromatic N) is 3. The molecule has 1 aromatic heterocycles. The lowest BCUT2D eigenvalue weighted by molar-refractivity contribution is 0.122. The highest BCUT2D eigenvalue weighted by molar-refractivity contribution is 5.99. The molecule has 0 aliphatic carbocycles. The van der Waals surface area contributed by atoms with Crippen LogP contribution < -0.4 is 10.3 Å². The molecule has 2 aromatic rings. The molecule has 1 fully saturated rings. The molecular formula is C17H19FN4O. The maximum Gasteiger partial charge on any atom is 0.147 e. The Morgan fingerprint density at radius 1 is 1.26 bits per heavy atom. The van der Waals surface area contributed by atoms with E-state index in [0.717, 1.165) is 5.56 Å². The smallest absolute Gasteiger partial charge is 0.147 e. The van der Waals surface area contributed by atoms with Crippen molar-refractivity contribution >= 4 is 17.2 Å². The topological polar surface area (TPSA) is 49.8 Å². The van der Waals surface area contributed by atoms with Crippen molar-refractivity contribution in [2.24, 2.45) is 5.10 Å². The number of benzene rings is 1. The standard InChI is InChI=1S/C17H19FN4O/c1-13(20-21-17-4-2-3-7-19-17)14-5-6-16(15(18)12-14)22-8-10-23-11-9-22/h2-7,12H,8-11H2,1H3,(H,19,21)/b20-13-. The molecule has 6 heteroatoms. The second kappa shape index (κ2) is 7.19. The van der Waals surface area contributed by atoms with Crippen LogP contribution >= 0.6 is 0 Å². The van der Waals surface area contributed by atoms with E-state index in [1.807, 2.05) is 36.1 Å². The number of hydrazone groups is 1. The van der Waals surface area contributed by atoms with E-state index < -0.39 is 0 Å². The van der Waals surface area contributed by atoms with Crippen LogP contribution in [-0.2, 0) is 4.74 Å². The van der Waals surface area contributed by atoms with Crippen LogP contribution in [0.1, 0.15) is 12.5 Å².